The maximum absolute atomic E-state index is 12.3. The number of nitrogens with two attached hydrogens (primary N) is 9. The van der Waals surface area contributed by atoms with Crippen LogP contribution in [0, 0.1) is 5.92 Å². The Morgan fingerprint density at radius 1 is 0.373 bits per heavy atom. The minimum Gasteiger partial charge on any atom is -0.493 e. The number of aliphatic hydroxyl groups is 10. The lowest BCUT2D eigenvalue weighted by Crippen LogP contribution is -2.44. The van der Waals surface area contributed by atoms with Crippen molar-refractivity contribution in [1.29, 1.82) is 0 Å². The Balaban J connectivity index is 0.000000183. The summed E-state index contributed by atoms with van der Waals surface area (Å²) in [5.74, 6) is -11.4. The van der Waals surface area contributed by atoms with Crippen LogP contribution in [0.5, 0.6) is 29.4 Å². The molecule has 57 nitrogen and oxygen atoms in total. The Morgan fingerprint density at radius 2 is 0.648 bits per heavy atom. The second-order valence-corrected chi connectivity index (χ2v) is 33.2. The topological polar surface area (TPSA) is 920 Å². The predicted octanol–water partition coefficient (Wildman–Crippen LogP) is -8.97. The van der Waals surface area contributed by atoms with Crippen LogP contribution in [-0.4, -0.2) is 358 Å². The maximum Gasteiger partial charge on any atom is 0.325 e. The lowest BCUT2D eigenvalue weighted by atomic mass is 10.1. The van der Waals surface area contributed by atoms with Crippen molar-refractivity contribution < 1.29 is 181 Å². The van der Waals surface area contributed by atoms with Crippen LogP contribution >= 0.6 is 0 Å². The van der Waals surface area contributed by atoms with Crippen LogP contribution in [0.3, 0.4) is 0 Å². The number of aliphatic hydroxyl groups excluding tert-OH is 10. The fraction of sp³-hybridized carbons (Fsp3) is 0.494. The van der Waals surface area contributed by atoms with Gasteiger partial charge in [-0.1, -0.05) is 105 Å². The Morgan fingerprint density at radius 3 is 0.930 bits per heavy atom. The first-order valence-corrected chi connectivity index (χ1v) is 43.6. The van der Waals surface area contributed by atoms with E-state index in [0.29, 0.717) is 6.42 Å². The third kappa shape index (κ3) is 27.2. The van der Waals surface area contributed by atoms with Gasteiger partial charge in [0, 0.05) is 0 Å². The summed E-state index contributed by atoms with van der Waals surface area (Å²) in [7, 11) is 0. The molecule has 0 saturated carbocycles. The number of ether oxygens (including phenoxy) is 12. The number of carbonyl (C=O) groups is 10. The number of rotatable bonds is 36. The molecule has 11 heterocycles. The number of amides is 5. The molecule has 5 amide bonds. The van der Waals surface area contributed by atoms with Crippen LogP contribution in [0.2, 0.25) is 0 Å². The molecule has 26 atom stereocenters. The molecule has 5 unspecified atom stereocenters. The summed E-state index contributed by atoms with van der Waals surface area (Å²) in [6.45, 7) is 4.57. The van der Waals surface area contributed by atoms with E-state index in [-0.39, 0.29) is 63.7 Å². The predicted molar refractivity (Wildman–Crippen MR) is 471 cm³/mol. The summed E-state index contributed by atoms with van der Waals surface area (Å²) in [4.78, 5) is 134. The van der Waals surface area contributed by atoms with Crippen LogP contribution in [0.1, 0.15) is 134 Å². The van der Waals surface area contributed by atoms with Crippen molar-refractivity contribution in [3.63, 3.8) is 0 Å². The molecule has 776 valence electrons. The van der Waals surface area contributed by atoms with Gasteiger partial charge in [0.05, 0.1) is 25.9 Å². The van der Waals surface area contributed by atoms with Gasteiger partial charge in [0.1, 0.15) is 186 Å². The van der Waals surface area contributed by atoms with E-state index in [1.807, 2.05) is 91.0 Å². The van der Waals surface area contributed by atoms with E-state index in [9.17, 15) is 125 Å². The van der Waals surface area contributed by atoms with Gasteiger partial charge in [-0.2, -0.15) is 0 Å². The molecular weight excluding hydrogens is 1890 g/mol. The van der Waals surface area contributed by atoms with Crippen LogP contribution in [0.15, 0.2) is 123 Å². The highest BCUT2D eigenvalue weighted by Crippen LogP contribution is 2.40. The summed E-state index contributed by atoms with van der Waals surface area (Å²) >= 11 is 0. The van der Waals surface area contributed by atoms with Gasteiger partial charge < -0.3 is 190 Å². The fourth-order valence-corrected chi connectivity index (χ4v) is 14.5. The van der Waals surface area contributed by atoms with Gasteiger partial charge in [0.25, 0.3) is 29.5 Å². The summed E-state index contributed by atoms with van der Waals surface area (Å²) in [5, 5.41) is 155. The molecule has 3 aromatic carbocycles. The normalized spacial score (nSPS) is 26.4. The van der Waals surface area contributed by atoms with E-state index in [2.05, 4.69) is 30.2 Å². The first kappa shape index (κ1) is 111. The number of nitrogens with zero attached hydrogens (tertiary/aromatic N) is 10. The van der Waals surface area contributed by atoms with Crippen molar-refractivity contribution in [1.82, 2.24) is 53.1 Å². The number of esters is 5. The number of carbonyl (C=O) groups excluding carboxylic acids is 10. The van der Waals surface area contributed by atoms with Crippen LogP contribution in [0.25, 0.3) is 0 Å². The third-order valence-corrected chi connectivity index (χ3v) is 22.8. The van der Waals surface area contributed by atoms with Crippen LogP contribution < -0.4 is 56.9 Å². The zero-order valence-electron chi connectivity index (χ0n) is 76.0. The average Bonchev–Trinajstić information content (AvgIpc) is 1.66. The molecule has 6 fully saturated rings. The van der Waals surface area contributed by atoms with Gasteiger partial charge >= 0.3 is 29.8 Å². The number of hydrogen-bond donors (Lipinski definition) is 25. The highest BCUT2D eigenvalue weighted by atomic mass is 16.6. The van der Waals surface area contributed by atoms with Crippen molar-refractivity contribution in [3.8, 4) is 29.4 Å². The Hall–Kier alpha value is -13.5. The summed E-state index contributed by atoms with van der Waals surface area (Å²) in [5.41, 5.74) is 49.2. The molecule has 6 aliphatic heterocycles. The van der Waals surface area contributed by atoms with Crippen molar-refractivity contribution in [2.24, 2.45) is 57.5 Å². The van der Waals surface area contributed by atoms with E-state index >= 15 is 0 Å². The molecule has 0 bridgehead atoms. The molecule has 5 aromatic heterocycles. The number of nitrogens with one attached hydrogen (secondary N) is 1. The lowest BCUT2D eigenvalue weighted by Gasteiger charge is -2.21. The minimum atomic E-state index is -1.50. The van der Waals surface area contributed by atoms with Crippen molar-refractivity contribution in [2.45, 2.75) is 212 Å². The second-order valence-electron chi connectivity index (χ2n) is 33.2. The van der Waals surface area contributed by atoms with E-state index in [1.165, 1.54) is 0 Å². The minimum absolute atomic E-state index is 0.0775. The molecular formula is C85H114N20O37. The quantitative estimate of drug-likeness (QED) is 0.0128. The van der Waals surface area contributed by atoms with Gasteiger partial charge in [0.15, 0.2) is 59.6 Å². The highest BCUT2D eigenvalue weighted by Gasteiger charge is 2.51. The Bertz CT molecular complexity index is 5460. The summed E-state index contributed by atoms with van der Waals surface area (Å²) < 4.78 is 68.6. The number of primary amides is 5. The first-order chi connectivity index (χ1) is 67.3. The van der Waals surface area contributed by atoms with E-state index < -0.39 is 278 Å². The zero-order chi connectivity index (χ0) is 104. The smallest absolute Gasteiger partial charge is 0.325 e. The molecule has 0 aliphatic carbocycles. The van der Waals surface area contributed by atoms with Crippen molar-refractivity contribution in [3.05, 3.63) is 168 Å². The van der Waals surface area contributed by atoms with E-state index in [0.717, 1.165) is 84.1 Å². The maximum atomic E-state index is 12.3. The molecule has 14 rings (SSSR count). The number of benzene rings is 3. The van der Waals surface area contributed by atoms with Gasteiger partial charge in [-0.3, -0.25) is 70.8 Å². The molecule has 142 heavy (non-hydrogen) atoms. The molecule has 6 saturated heterocycles. The van der Waals surface area contributed by atoms with Gasteiger partial charge in [0.2, 0.25) is 29.4 Å². The number of aromatic hydroxyl groups is 5. The summed E-state index contributed by atoms with van der Waals surface area (Å²) in [6, 6.07) is 23.6. The Kier molecular flexibility index (Phi) is 39.1. The van der Waals surface area contributed by atoms with Crippen LogP contribution in [-0.2, 0) is 100 Å². The number of hydrogen-bond acceptors (Lipinski definition) is 47. The first-order valence-electron chi connectivity index (χ1n) is 43.6. The standard InChI is InChI=1S/C20H26N4O8.C19H24N4O8.C18H22N4O7.C14H20N4O7.C14H22N4O7/c1-10(30-7-11-5-3-2-4-6-11)13(21)20(29)31-8-12-15(25)16(26)19(32-12)24-9-23-14(17(22)27)18(24)28;20-11(7-29-6-10-4-2-1-3-5-10)19(28)30-8-12-14(24)15(25)18(31-12)23-9-22-13(16(21)26)17(23)27;19-10(6-9-4-2-1-3-5-9)18(27)28-7-11-13(23)14(24)17(29-11)22-8-21-12(15(20)25)16(22)26;15-11(21)8-12(22)18(5-17-8)13-10(20)9(19)7(25-13)4-24-14(23)6-2-1-3-16-6;1-5(2)7(15)14(23)24-3-6-9(19)10(20)13(25-6)18-4-17-8(11(16)21)12(18)22/h2-6,9-10,12-13,15-16,19,25-26,28H,7-8,21H2,1H3,(H2,22,27);1-5,9,11-12,14-15,18,24-25,27H,6-8,20H2,(H2,21,26);1-5,8,10-11,13-14,17,23-24,26H,6-7,19H2,(H2,20,25);5-7,9-10,13,16,19-20,22H,1-4H2,(H2,15,21);4-7,9-10,13,19-20,22H,3,15H2,1-2H3,(H2,16,21)/t10-,12-,13+,15?,16-,19-;11-,12+,14?,15+,18+;10-,11+,13?,14+,17+;6-,7+,9?,10+,13+;6-,7+,9?,10-,13-/m10001/s1. The largest absolute Gasteiger partial charge is 0.493 e. The summed E-state index contributed by atoms with van der Waals surface area (Å²) in [6.07, 6.45) is -19.6. The highest BCUT2D eigenvalue weighted by molar-refractivity contribution is 5.95. The van der Waals surface area contributed by atoms with Crippen LogP contribution in [0.4, 0.5) is 0 Å². The van der Waals surface area contributed by atoms with E-state index in [4.69, 9.17) is 108 Å². The Labute approximate surface area is 803 Å². The molecule has 57 heteroatoms. The lowest BCUT2D eigenvalue weighted by molar-refractivity contribution is -0.155. The zero-order valence-corrected chi connectivity index (χ0v) is 76.0. The monoisotopic (exact) mass is 2010 g/mol. The van der Waals surface area contributed by atoms with Gasteiger partial charge in [-0.25, -0.2) is 24.9 Å². The number of aromatic nitrogens is 10. The van der Waals surface area contributed by atoms with Gasteiger partial charge in [-0.05, 0) is 55.3 Å². The van der Waals surface area contributed by atoms with Gasteiger partial charge in [-0.15, -0.1) is 0 Å². The molecule has 0 spiro atoms. The number of imidazole rings is 5. The SMILES string of the molecule is CC(C)[C@H](N)C(=O)OC[C@H]1O[C@@H](n2cnc(C(N)=O)c2O)[C@H](O)C1O.C[C@@H](OCc1ccccc1)[C@H](N)C(=O)OC[C@H]1O[C@@H](n2cnc(C(N)=O)c2O)[C@H](O)C1O.NC(=O)c1ncn([C@@H]2O[C@H](COC(=O)[C@@H](N)COCc3ccccc3)C(O)[C@H]2O)c1O.NC(=O)c1ncn([C@@H]2O[C@H](COC(=O)[C@@H](N)Cc3ccccc3)C(O)[C@H]2O)c1O.NC(=O)c1ncn([C@@H]2O[C@H](COC(=O)[C@@H]3CCCN3)C(O)[C@H]2O)c1O. The van der Waals surface area contributed by atoms with E-state index in [1.54, 1.807) is 20.8 Å². The van der Waals surface area contributed by atoms with Crippen molar-refractivity contribution >= 4 is 59.4 Å². The average molecular weight is 2010 g/mol. The fourth-order valence-electron chi connectivity index (χ4n) is 14.5. The second kappa shape index (κ2) is 50.3. The molecule has 0 radical (unpaired) electrons. The molecule has 6 aliphatic rings. The third-order valence-electron chi connectivity index (χ3n) is 22.8. The molecule has 8 aromatic rings. The van der Waals surface area contributed by atoms with Crippen molar-refractivity contribution in [2.75, 3.05) is 46.2 Å². The molecule has 34 N–H and O–H groups in total.